The van der Waals surface area contributed by atoms with Gasteiger partial charge in [0.1, 0.15) is 0 Å². The fraction of sp³-hybridized carbons (Fsp3) is 0.562. The first-order valence-electron chi connectivity index (χ1n) is 7.86. The molecule has 6 heteroatoms. The number of benzene rings is 1. The highest BCUT2D eigenvalue weighted by molar-refractivity contribution is 7.89. The van der Waals surface area contributed by atoms with Crippen LogP contribution in [0.3, 0.4) is 0 Å². The Morgan fingerprint density at radius 1 is 1.14 bits per heavy atom. The fourth-order valence-electron chi connectivity index (χ4n) is 2.57. The number of nitrogens with zero attached hydrogens (tertiary/aromatic N) is 1. The Kier molecular flexibility index (Phi) is 6.39. The summed E-state index contributed by atoms with van der Waals surface area (Å²) in [5.41, 5.74) is 1.24. The molecule has 0 saturated carbocycles. The first-order valence-corrected chi connectivity index (χ1v) is 9.47. The van der Waals surface area contributed by atoms with Crippen molar-refractivity contribution < 1.29 is 13.2 Å². The topological polar surface area (TPSA) is 66.5 Å². The summed E-state index contributed by atoms with van der Waals surface area (Å²) >= 11 is 0. The van der Waals surface area contributed by atoms with Crippen molar-refractivity contribution in [3.05, 3.63) is 35.9 Å². The molecule has 22 heavy (non-hydrogen) atoms. The van der Waals surface area contributed by atoms with Crippen molar-refractivity contribution in [1.29, 1.82) is 0 Å². The summed E-state index contributed by atoms with van der Waals surface area (Å²) in [5.74, 6) is -0.270. The molecule has 0 atom stereocenters. The molecule has 0 unspecified atom stereocenters. The van der Waals surface area contributed by atoms with E-state index in [1.165, 1.54) is 9.87 Å². The van der Waals surface area contributed by atoms with Crippen LogP contribution in [0.1, 0.15) is 31.2 Å². The van der Waals surface area contributed by atoms with Gasteiger partial charge < -0.3 is 5.32 Å². The highest BCUT2D eigenvalue weighted by atomic mass is 32.2. The number of sulfonamides is 1. The smallest absolute Gasteiger partial charge is 0.221 e. The van der Waals surface area contributed by atoms with Crippen LogP contribution in [0.25, 0.3) is 0 Å². The monoisotopic (exact) mass is 324 g/mol. The highest BCUT2D eigenvalue weighted by Crippen LogP contribution is 2.13. The highest BCUT2D eigenvalue weighted by Gasteiger charge is 2.25. The zero-order chi connectivity index (χ0) is 15.8. The molecule has 1 saturated heterocycles. The average molecular weight is 324 g/mol. The van der Waals surface area contributed by atoms with Crippen molar-refractivity contribution in [2.75, 3.05) is 25.4 Å². The molecule has 1 aliphatic heterocycles. The zero-order valence-corrected chi connectivity index (χ0v) is 13.6. The van der Waals surface area contributed by atoms with Crippen molar-refractivity contribution in [1.82, 2.24) is 9.62 Å². The lowest BCUT2D eigenvalue weighted by molar-refractivity contribution is -0.120. The van der Waals surface area contributed by atoms with Gasteiger partial charge in [-0.3, -0.25) is 4.79 Å². The summed E-state index contributed by atoms with van der Waals surface area (Å²) in [5, 5.41) is 2.79. The minimum absolute atomic E-state index is 0.0458. The van der Waals surface area contributed by atoms with Gasteiger partial charge in [-0.1, -0.05) is 30.3 Å². The second kappa shape index (κ2) is 8.29. The van der Waals surface area contributed by atoms with E-state index < -0.39 is 10.0 Å². The molecule has 1 amide bonds. The van der Waals surface area contributed by atoms with Gasteiger partial charge in [0.15, 0.2) is 0 Å². The Hall–Kier alpha value is -1.40. The third-order valence-corrected chi connectivity index (χ3v) is 5.72. The first-order chi connectivity index (χ1) is 10.6. The third kappa shape index (κ3) is 5.42. The summed E-state index contributed by atoms with van der Waals surface area (Å²) in [6.45, 7) is 1.78. The lowest BCUT2D eigenvalue weighted by Gasteiger charge is -2.15. The number of amides is 1. The summed E-state index contributed by atoms with van der Waals surface area (Å²) in [4.78, 5) is 11.7. The molecule has 122 valence electrons. The number of nitrogens with one attached hydrogen (secondary N) is 1. The summed E-state index contributed by atoms with van der Waals surface area (Å²) in [7, 11) is -3.26. The van der Waals surface area contributed by atoms with Crippen molar-refractivity contribution >= 4 is 15.9 Å². The van der Waals surface area contributed by atoms with Crippen molar-refractivity contribution in [2.24, 2.45) is 0 Å². The maximum atomic E-state index is 12.0. The lowest BCUT2D eigenvalue weighted by atomic mass is 10.1. The lowest BCUT2D eigenvalue weighted by Crippen LogP contribution is -2.33. The van der Waals surface area contributed by atoms with E-state index in [1.807, 2.05) is 18.2 Å². The van der Waals surface area contributed by atoms with Gasteiger partial charge in [0.05, 0.1) is 5.75 Å². The SMILES string of the molecule is O=C(CCS(=O)(=O)N1CCCC1)NCCCc1ccccc1. The third-order valence-electron chi connectivity index (χ3n) is 3.85. The Labute approximate surface area is 132 Å². The summed E-state index contributed by atoms with van der Waals surface area (Å²) in [6.07, 6.45) is 3.65. The van der Waals surface area contributed by atoms with E-state index in [0.717, 1.165) is 25.7 Å². The normalized spacial score (nSPS) is 15.8. The van der Waals surface area contributed by atoms with Gasteiger partial charge >= 0.3 is 0 Å². The van der Waals surface area contributed by atoms with Gasteiger partial charge in [0.25, 0.3) is 0 Å². The largest absolute Gasteiger partial charge is 0.356 e. The zero-order valence-electron chi connectivity index (χ0n) is 12.8. The van der Waals surface area contributed by atoms with Gasteiger partial charge in [-0.2, -0.15) is 0 Å². The molecule has 0 bridgehead atoms. The Bertz CT molecular complexity index is 566. The van der Waals surface area contributed by atoms with E-state index in [1.54, 1.807) is 0 Å². The molecule has 1 N–H and O–H groups in total. The van der Waals surface area contributed by atoms with Crippen LogP contribution in [0.5, 0.6) is 0 Å². The van der Waals surface area contributed by atoms with E-state index in [-0.39, 0.29) is 18.1 Å². The van der Waals surface area contributed by atoms with Crippen molar-refractivity contribution in [3.8, 4) is 0 Å². The molecule has 1 fully saturated rings. The molecule has 0 aliphatic carbocycles. The predicted molar refractivity (Wildman–Crippen MR) is 87.0 cm³/mol. The molecular formula is C16H24N2O3S. The minimum Gasteiger partial charge on any atom is -0.356 e. The first kappa shape index (κ1) is 17.0. The van der Waals surface area contributed by atoms with Gasteiger partial charge in [0.2, 0.25) is 15.9 Å². The molecule has 1 aliphatic rings. The molecule has 0 spiro atoms. The second-order valence-electron chi connectivity index (χ2n) is 5.61. The van der Waals surface area contributed by atoms with Gasteiger partial charge in [-0.15, -0.1) is 0 Å². The van der Waals surface area contributed by atoms with Crippen LogP contribution in [0.2, 0.25) is 0 Å². The molecule has 1 heterocycles. The van der Waals surface area contributed by atoms with Crippen LogP contribution < -0.4 is 5.32 Å². The number of hydrogen-bond acceptors (Lipinski definition) is 3. The fourth-order valence-corrected chi connectivity index (χ4v) is 4.09. The van der Waals surface area contributed by atoms with Gasteiger partial charge in [-0.05, 0) is 31.2 Å². The summed E-state index contributed by atoms with van der Waals surface area (Å²) < 4.78 is 25.5. The Balaban J connectivity index is 1.61. The number of carbonyl (C=O) groups excluding carboxylic acids is 1. The van der Waals surface area contributed by atoms with Crippen LogP contribution in [-0.2, 0) is 21.2 Å². The molecule has 2 rings (SSSR count). The van der Waals surface area contributed by atoms with E-state index in [9.17, 15) is 13.2 Å². The molecule has 0 aromatic heterocycles. The Morgan fingerprint density at radius 3 is 2.50 bits per heavy atom. The van der Waals surface area contributed by atoms with Crippen LogP contribution in [-0.4, -0.2) is 44.0 Å². The van der Waals surface area contributed by atoms with Gasteiger partial charge in [0, 0.05) is 26.1 Å². The second-order valence-corrected chi connectivity index (χ2v) is 7.70. The van der Waals surface area contributed by atoms with E-state index in [2.05, 4.69) is 17.4 Å². The standard InChI is InChI=1S/C16H24N2O3S/c19-16(10-14-22(20,21)18-12-4-5-13-18)17-11-6-9-15-7-2-1-3-8-15/h1-3,7-8H,4-6,9-14H2,(H,17,19). The molecular weight excluding hydrogens is 300 g/mol. The molecule has 1 aromatic rings. The number of aryl methyl sites for hydroxylation is 1. The quantitative estimate of drug-likeness (QED) is 0.738. The number of hydrogen-bond donors (Lipinski definition) is 1. The van der Waals surface area contributed by atoms with Crippen LogP contribution >= 0.6 is 0 Å². The predicted octanol–water partition coefficient (Wildman–Crippen LogP) is 1.55. The number of rotatable bonds is 8. The van der Waals surface area contributed by atoms with Crippen LogP contribution in [0.15, 0.2) is 30.3 Å². The molecule has 1 aromatic carbocycles. The van der Waals surface area contributed by atoms with Crippen LogP contribution in [0, 0.1) is 0 Å². The Morgan fingerprint density at radius 2 is 1.82 bits per heavy atom. The van der Waals surface area contributed by atoms with Crippen LogP contribution in [0.4, 0.5) is 0 Å². The molecule has 5 nitrogen and oxygen atoms in total. The molecule has 0 radical (unpaired) electrons. The maximum Gasteiger partial charge on any atom is 0.221 e. The average Bonchev–Trinajstić information content (AvgIpc) is 3.06. The van der Waals surface area contributed by atoms with E-state index >= 15 is 0 Å². The maximum absolute atomic E-state index is 12.0. The minimum atomic E-state index is -3.26. The summed E-state index contributed by atoms with van der Waals surface area (Å²) in [6, 6.07) is 10.1. The van der Waals surface area contributed by atoms with Crippen molar-refractivity contribution in [3.63, 3.8) is 0 Å². The van der Waals surface area contributed by atoms with Crippen molar-refractivity contribution in [2.45, 2.75) is 32.1 Å². The van der Waals surface area contributed by atoms with Gasteiger partial charge in [-0.25, -0.2) is 12.7 Å². The number of carbonyl (C=O) groups is 1. The van der Waals surface area contributed by atoms with E-state index in [4.69, 9.17) is 0 Å². The van der Waals surface area contributed by atoms with E-state index in [0.29, 0.717) is 19.6 Å².